The van der Waals surface area contributed by atoms with Crippen LogP contribution in [0.5, 0.6) is 0 Å². The summed E-state index contributed by atoms with van der Waals surface area (Å²) in [6, 6.07) is 0.571. The van der Waals surface area contributed by atoms with Crippen LogP contribution in [0.2, 0.25) is 0 Å². The summed E-state index contributed by atoms with van der Waals surface area (Å²) in [7, 11) is 0. The Balaban J connectivity index is 2.32. The Bertz CT molecular complexity index is 208. The van der Waals surface area contributed by atoms with Crippen LogP contribution in [-0.4, -0.2) is 47.8 Å². The summed E-state index contributed by atoms with van der Waals surface area (Å²) in [5, 5.41) is 8.60. The van der Waals surface area contributed by atoms with Crippen LogP contribution in [-0.2, 0) is 9.53 Å². The zero-order valence-electron chi connectivity index (χ0n) is 9.61. The van der Waals surface area contributed by atoms with Crippen LogP contribution in [0.3, 0.4) is 0 Å². The van der Waals surface area contributed by atoms with Crippen molar-refractivity contribution in [2.24, 2.45) is 0 Å². The van der Waals surface area contributed by atoms with Crippen molar-refractivity contribution in [1.29, 1.82) is 0 Å². The molecule has 2 atom stereocenters. The van der Waals surface area contributed by atoms with E-state index < -0.39 is 5.97 Å². The molecule has 0 aromatic heterocycles. The summed E-state index contributed by atoms with van der Waals surface area (Å²) in [6.45, 7) is 6.96. The number of carbonyl (C=O) groups is 1. The molecular weight excluding hydrogens is 194 g/mol. The lowest BCUT2D eigenvalue weighted by atomic mass is 10.1. The molecule has 0 aromatic carbocycles. The molecule has 4 nitrogen and oxygen atoms in total. The smallest absolute Gasteiger partial charge is 0.303 e. The molecule has 1 unspecified atom stereocenters. The Hall–Kier alpha value is -0.610. The van der Waals surface area contributed by atoms with E-state index in [1.165, 1.54) is 0 Å². The summed E-state index contributed by atoms with van der Waals surface area (Å²) < 4.78 is 5.55. The van der Waals surface area contributed by atoms with E-state index in [2.05, 4.69) is 18.7 Å². The van der Waals surface area contributed by atoms with Crippen molar-refractivity contribution in [2.75, 3.05) is 19.7 Å². The van der Waals surface area contributed by atoms with Gasteiger partial charge >= 0.3 is 5.97 Å². The number of aliphatic carboxylic acids is 1. The number of morpholine rings is 1. The number of carboxylic acid groups (broad SMARTS) is 1. The van der Waals surface area contributed by atoms with E-state index in [1.807, 2.05) is 0 Å². The SMILES string of the molecule is CCC(C)N1CCO[C@@H](CCC(=O)O)C1. The molecule has 88 valence electrons. The highest BCUT2D eigenvalue weighted by Gasteiger charge is 2.23. The first kappa shape index (κ1) is 12.5. The second kappa shape index (κ2) is 6.08. The fourth-order valence-corrected chi connectivity index (χ4v) is 1.86. The van der Waals surface area contributed by atoms with Gasteiger partial charge in [0.15, 0.2) is 0 Å². The largest absolute Gasteiger partial charge is 0.481 e. The van der Waals surface area contributed by atoms with Gasteiger partial charge in [0.25, 0.3) is 0 Å². The van der Waals surface area contributed by atoms with Gasteiger partial charge in [0.2, 0.25) is 0 Å². The topological polar surface area (TPSA) is 49.8 Å². The average Bonchev–Trinajstić information content (AvgIpc) is 2.25. The molecule has 0 saturated carbocycles. The predicted molar refractivity (Wildman–Crippen MR) is 57.9 cm³/mol. The second-order valence-corrected chi connectivity index (χ2v) is 4.18. The van der Waals surface area contributed by atoms with E-state index in [1.54, 1.807) is 0 Å². The summed E-state index contributed by atoms with van der Waals surface area (Å²) in [5.74, 6) is -0.737. The lowest BCUT2D eigenvalue weighted by molar-refractivity contribution is -0.138. The molecule has 1 saturated heterocycles. The molecule has 0 aromatic rings. The Kier molecular flexibility index (Phi) is 5.05. The molecule has 0 bridgehead atoms. The fourth-order valence-electron chi connectivity index (χ4n) is 1.86. The van der Waals surface area contributed by atoms with E-state index >= 15 is 0 Å². The van der Waals surface area contributed by atoms with Crippen molar-refractivity contribution in [1.82, 2.24) is 4.90 Å². The number of carboxylic acids is 1. The van der Waals surface area contributed by atoms with Gasteiger partial charge in [0, 0.05) is 25.6 Å². The van der Waals surface area contributed by atoms with Crippen molar-refractivity contribution in [2.45, 2.75) is 45.3 Å². The van der Waals surface area contributed by atoms with E-state index in [4.69, 9.17) is 9.84 Å². The first-order valence-corrected chi connectivity index (χ1v) is 5.71. The van der Waals surface area contributed by atoms with Crippen LogP contribution < -0.4 is 0 Å². The standard InChI is InChI=1S/C11H21NO3/c1-3-9(2)12-6-7-15-10(8-12)4-5-11(13)14/h9-10H,3-8H2,1-2H3,(H,13,14)/t9?,10-/m0/s1. The van der Waals surface area contributed by atoms with Crippen LogP contribution in [0, 0.1) is 0 Å². The van der Waals surface area contributed by atoms with Crippen LogP contribution >= 0.6 is 0 Å². The molecule has 4 heteroatoms. The molecule has 0 amide bonds. The van der Waals surface area contributed by atoms with E-state index in [0.717, 1.165) is 26.1 Å². The maximum Gasteiger partial charge on any atom is 0.303 e. The molecule has 0 radical (unpaired) electrons. The zero-order chi connectivity index (χ0) is 11.3. The number of nitrogens with zero attached hydrogens (tertiary/aromatic N) is 1. The first-order valence-electron chi connectivity index (χ1n) is 5.71. The Morgan fingerprint density at radius 1 is 1.67 bits per heavy atom. The monoisotopic (exact) mass is 215 g/mol. The van der Waals surface area contributed by atoms with E-state index in [0.29, 0.717) is 12.5 Å². The van der Waals surface area contributed by atoms with Gasteiger partial charge in [0.05, 0.1) is 12.7 Å². The molecule has 1 rings (SSSR count). The van der Waals surface area contributed by atoms with Crippen LogP contribution in [0.25, 0.3) is 0 Å². The maximum absolute atomic E-state index is 10.4. The number of rotatable bonds is 5. The van der Waals surface area contributed by atoms with Crippen LogP contribution in [0.1, 0.15) is 33.1 Å². The first-order chi connectivity index (χ1) is 7.13. The molecule has 1 heterocycles. The Morgan fingerprint density at radius 3 is 3.00 bits per heavy atom. The summed E-state index contributed by atoms with van der Waals surface area (Å²) in [5.41, 5.74) is 0. The van der Waals surface area contributed by atoms with Crippen molar-refractivity contribution >= 4 is 5.97 Å². The van der Waals surface area contributed by atoms with Gasteiger partial charge in [-0.3, -0.25) is 9.69 Å². The minimum absolute atomic E-state index is 0.101. The van der Waals surface area contributed by atoms with Gasteiger partial charge in [-0.1, -0.05) is 6.92 Å². The van der Waals surface area contributed by atoms with Crippen LogP contribution in [0.4, 0.5) is 0 Å². The molecule has 1 fully saturated rings. The van der Waals surface area contributed by atoms with Crippen molar-refractivity contribution in [3.63, 3.8) is 0 Å². The molecule has 15 heavy (non-hydrogen) atoms. The quantitative estimate of drug-likeness (QED) is 0.752. The Labute approximate surface area is 91.2 Å². The lowest BCUT2D eigenvalue weighted by Gasteiger charge is -2.36. The van der Waals surface area contributed by atoms with Crippen molar-refractivity contribution in [3.05, 3.63) is 0 Å². The Morgan fingerprint density at radius 2 is 2.40 bits per heavy atom. The number of hydrogen-bond donors (Lipinski definition) is 1. The highest BCUT2D eigenvalue weighted by atomic mass is 16.5. The van der Waals surface area contributed by atoms with Gasteiger partial charge in [-0.2, -0.15) is 0 Å². The van der Waals surface area contributed by atoms with Crippen LogP contribution in [0.15, 0.2) is 0 Å². The number of hydrogen-bond acceptors (Lipinski definition) is 3. The third-order valence-corrected chi connectivity index (χ3v) is 3.06. The number of ether oxygens (including phenoxy) is 1. The lowest BCUT2D eigenvalue weighted by Crippen LogP contribution is -2.46. The molecule has 0 spiro atoms. The summed E-state index contributed by atoms with van der Waals surface area (Å²) >= 11 is 0. The molecule has 1 N–H and O–H groups in total. The minimum atomic E-state index is -0.737. The maximum atomic E-state index is 10.4. The summed E-state index contributed by atoms with van der Waals surface area (Å²) in [6.07, 6.45) is 2.07. The van der Waals surface area contributed by atoms with Crippen molar-refractivity contribution in [3.8, 4) is 0 Å². The zero-order valence-corrected chi connectivity index (χ0v) is 9.61. The van der Waals surface area contributed by atoms with E-state index in [9.17, 15) is 4.79 Å². The molecule has 1 aliphatic heterocycles. The molecule has 0 aliphatic carbocycles. The average molecular weight is 215 g/mol. The van der Waals surface area contributed by atoms with Gasteiger partial charge in [-0.05, 0) is 19.8 Å². The molecule has 1 aliphatic rings. The van der Waals surface area contributed by atoms with Crippen molar-refractivity contribution < 1.29 is 14.6 Å². The highest BCUT2D eigenvalue weighted by molar-refractivity contribution is 5.66. The fraction of sp³-hybridized carbons (Fsp3) is 0.909. The normalized spacial score (nSPS) is 25.1. The third kappa shape index (κ3) is 4.18. The third-order valence-electron chi connectivity index (χ3n) is 3.06. The highest BCUT2D eigenvalue weighted by Crippen LogP contribution is 2.14. The minimum Gasteiger partial charge on any atom is -0.481 e. The van der Waals surface area contributed by atoms with Gasteiger partial charge in [0.1, 0.15) is 0 Å². The van der Waals surface area contributed by atoms with E-state index in [-0.39, 0.29) is 12.5 Å². The molecular formula is C11H21NO3. The second-order valence-electron chi connectivity index (χ2n) is 4.18. The predicted octanol–water partition coefficient (Wildman–Crippen LogP) is 1.35. The van der Waals surface area contributed by atoms with Gasteiger partial charge in [-0.15, -0.1) is 0 Å². The summed E-state index contributed by atoms with van der Waals surface area (Å²) in [4.78, 5) is 12.8. The van der Waals surface area contributed by atoms with Gasteiger partial charge in [-0.25, -0.2) is 0 Å². The van der Waals surface area contributed by atoms with Gasteiger partial charge < -0.3 is 9.84 Å².